The lowest BCUT2D eigenvalue weighted by atomic mass is 10.2. The van der Waals surface area contributed by atoms with Gasteiger partial charge in [0.15, 0.2) is 18.9 Å². The first-order chi connectivity index (χ1) is 7.38. The zero-order chi connectivity index (χ0) is 10.5. The van der Waals surface area contributed by atoms with E-state index < -0.39 is 0 Å². The van der Waals surface area contributed by atoms with Gasteiger partial charge in [-0.1, -0.05) is 37.3 Å². The zero-order valence-corrected chi connectivity index (χ0v) is 8.93. The summed E-state index contributed by atoms with van der Waals surface area (Å²) in [7, 11) is 0. The van der Waals surface area contributed by atoms with Gasteiger partial charge in [0.05, 0.1) is 6.20 Å². The van der Waals surface area contributed by atoms with E-state index in [1.54, 1.807) is 0 Å². The van der Waals surface area contributed by atoms with E-state index in [0.29, 0.717) is 0 Å². The molecule has 0 unspecified atom stereocenters. The molecule has 2 aromatic rings. The van der Waals surface area contributed by atoms with Gasteiger partial charge in [-0.3, -0.25) is 0 Å². The summed E-state index contributed by atoms with van der Waals surface area (Å²) in [5.41, 5.74) is 2.45. The maximum Gasteiger partial charge on any atom is 0.190 e. The molecule has 0 aliphatic rings. The maximum atomic E-state index is 4.28. The van der Waals surface area contributed by atoms with Gasteiger partial charge in [0.1, 0.15) is 5.69 Å². The molecule has 0 aliphatic heterocycles. The Labute approximate surface area is 90.2 Å². The van der Waals surface area contributed by atoms with Crippen LogP contribution in [-0.4, -0.2) is 4.98 Å². The lowest BCUT2D eigenvalue weighted by Crippen LogP contribution is -2.34. The van der Waals surface area contributed by atoms with Gasteiger partial charge in [-0.25, -0.2) is 4.98 Å². The molecule has 1 aromatic heterocycles. The van der Waals surface area contributed by atoms with E-state index in [1.807, 2.05) is 18.5 Å². The lowest BCUT2D eigenvalue weighted by Gasteiger charge is -1.98. The van der Waals surface area contributed by atoms with Crippen LogP contribution < -0.4 is 4.57 Å². The van der Waals surface area contributed by atoms with Crippen LogP contribution in [0.15, 0.2) is 48.9 Å². The lowest BCUT2D eigenvalue weighted by molar-refractivity contribution is -0.689. The minimum Gasteiger partial charge on any atom is -0.249 e. The molecule has 2 rings (SSSR count). The fourth-order valence-corrected chi connectivity index (χ4v) is 1.56. The molecule has 0 aliphatic carbocycles. The average Bonchev–Trinajstić information content (AvgIpc) is 2.31. The van der Waals surface area contributed by atoms with Crippen LogP contribution in [0.1, 0.15) is 18.2 Å². The summed E-state index contributed by atoms with van der Waals surface area (Å²) in [6.07, 6.45) is 6.95. The second-order valence-corrected chi connectivity index (χ2v) is 3.56. The number of hydrogen-bond donors (Lipinski definition) is 0. The smallest absolute Gasteiger partial charge is 0.190 e. The molecule has 0 atom stereocenters. The minimum absolute atomic E-state index is 0.913. The van der Waals surface area contributed by atoms with Crippen LogP contribution in [0, 0.1) is 0 Å². The summed E-state index contributed by atoms with van der Waals surface area (Å²) in [6, 6.07) is 10.5. The van der Waals surface area contributed by atoms with E-state index in [0.717, 1.165) is 18.7 Å². The van der Waals surface area contributed by atoms with Crippen molar-refractivity contribution in [1.82, 2.24) is 4.98 Å². The van der Waals surface area contributed by atoms with E-state index >= 15 is 0 Å². The molecule has 0 saturated carbocycles. The van der Waals surface area contributed by atoms with Crippen molar-refractivity contribution in [3.63, 3.8) is 0 Å². The topological polar surface area (TPSA) is 16.8 Å². The molecule has 76 valence electrons. The number of aromatic nitrogens is 2. The number of hydrogen-bond acceptors (Lipinski definition) is 1. The fourth-order valence-electron chi connectivity index (χ4n) is 1.56. The van der Waals surface area contributed by atoms with E-state index in [-0.39, 0.29) is 0 Å². The number of benzene rings is 1. The first-order valence-electron chi connectivity index (χ1n) is 5.26. The van der Waals surface area contributed by atoms with Crippen molar-refractivity contribution in [3.05, 3.63) is 60.2 Å². The van der Waals surface area contributed by atoms with E-state index in [9.17, 15) is 0 Å². The van der Waals surface area contributed by atoms with Crippen molar-refractivity contribution in [2.24, 2.45) is 0 Å². The van der Waals surface area contributed by atoms with E-state index in [2.05, 4.69) is 46.9 Å². The SMILES string of the molecule is CCc1c[n+](Cc2ccccc2)ccn1. The summed E-state index contributed by atoms with van der Waals surface area (Å²) in [4.78, 5) is 4.28. The van der Waals surface area contributed by atoms with Gasteiger partial charge in [0.2, 0.25) is 0 Å². The molecule has 0 N–H and O–H groups in total. The third-order valence-electron chi connectivity index (χ3n) is 2.38. The molecule has 1 heterocycles. The summed E-state index contributed by atoms with van der Waals surface area (Å²) in [5, 5.41) is 0. The second kappa shape index (κ2) is 4.69. The molecule has 0 spiro atoms. The van der Waals surface area contributed by atoms with E-state index in [1.165, 1.54) is 5.56 Å². The Morgan fingerprint density at radius 3 is 2.73 bits per heavy atom. The highest BCUT2D eigenvalue weighted by atomic mass is 15.0. The predicted octanol–water partition coefficient (Wildman–Crippen LogP) is 1.98. The van der Waals surface area contributed by atoms with Gasteiger partial charge in [-0.15, -0.1) is 0 Å². The zero-order valence-electron chi connectivity index (χ0n) is 8.93. The second-order valence-electron chi connectivity index (χ2n) is 3.56. The van der Waals surface area contributed by atoms with Crippen LogP contribution in [-0.2, 0) is 13.0 Å². The van der Waals surface area contributed by atoms with Crippen LogP contribution in [0.4, 0.5) is 0 Å². The largest absolute Gasteiger partial charge is 0.249 e. The van der Waals surface area contributed by atoms with Crippen molar-refractivity contribution in [2.75, 3.05) is 0 Å². The van der Waals surface area contributed by atoms with E-state index in [4.69, 9.17) is 0 Å². The highest BCUT2D eigenvalue weighted by Gasteiger charge is 2.03. The van der Waals surface area contributed by atoms with Gasteiger partial charge in [-0.05, 0) is 6.42 Å². The van der Waals surface area contributed by atoms with Crippen molar-refractivity contribution < 1.29 is 4.57 Å². The average molecular weight is 199 g/mol. The third kappa shape index (κ3) is 2.62. The van der Waals surface area contributed by atoms with Crippen LogP contribution in [0.25, 0.3) is 0 Å². The standard InChI is InChI=1S/C13H15N2/c1-2-13-11-15(9-8-14-13)10-12-6-4-3-5-7-12/h3-9,11H,2,10H2,1H3/q+1. The number of aryl methyl sites for hydroxylation is 1. The minimum atomic E-state index is 0.913. The molecule has 0 saturated heterocycles. The van der Waals surface area contributed by atoms with Crippen molar-refractivity contribution in [3.8, 4) is 0 Å². The summed E-state index contributed by atoms with van der Waals surface area (Å²) in [5.74, 6) is 0. The molecule has 2 heteroatoms. The van der Waals surface area contributed by atoms with Crippen LogP contribution in [0.3, 0.4) is 0 Å². The van der Waals surface area contributed by atoms with Crippen LogP contribution >= 0.6 is 0 Å². The van der Waals surface area contributed by atoms with Crippen molar-refractivity contribution >= 4 is 0 Å². The summed E-state index contributed by atoms with van der Waals surface area (Å²) in [6.45, 7) is 3.03. The summed E-state index contributed by atoms with van der Waals surface area (Å²) >= 11 is 0. The van der Waals surface area contributed by atoms with Crippen molar-refractivity contribution in [2.45, 2.75) is 19.9 Å². The first kappa shape index (κ1) is 9.84. The van der Waals surface area contributed by atoms with Gasteiger partial charge in [-0.2, -0.15) is 4.57 Å². The van der Waals surface area contributed by atoms with Gasteiger partial charge < -0.3 is 0 Å². The van der Waals surface area contributed by atoms with Crippen LogP contribution in [0.5, 0.6) is 0 Å². The number of rotatable bonds is 3. The molecular weight excluding hydrogens is 184 g/mol. The molecule has 0 amide bonds. The fraction of sp³-hybridized carbons (Fsp3) is 0.231. The molecule has 15 heavy (non-hydrogen) atoms. The highest BCUT2D eigenvalue weighted by Crippen LogP contribution is 1.97. The Morgan fingerprint density at radius 1 is 1.20 bits per heavy atom. The normalized spacial score (nSPS) is 10.2. The number of nitrogens with zero attached hydrogens (tertiary/aromatic N) is 2. The Morgan fingerprint density at radius 2 is 2.00 bits per heavy atom. The quantitative estimate of drug-likeness (QED) is 0.691. The Balaban J connectivity index is 2.17. The molecule has 1 aromatic carbocycles. The molecular formula is C13H15N2+. The predicted molar refractivity (Wildman–Crippen MR) is 59.4 cm³/mol. The van der Waals surface area contributed by atoms with Gasteiger partial charge in [0, 0.05) is 5.56 Å². The molecule has 0 bridgehead atoms. The van der Waals surface area contributed by atoms with Gasteiger partial charge in [0.25, 0.3) is 0 Å². The molecule has 0 fully saturated rings. The van der Waals surface area contributed by atoms with Gasteiger partial charge >= 0.3 is 0 Å². The summed E-state index contributed by atoms with van der Waals surface area (Å²) < 4.78 is 2.17. The Bertz CT molecular complexity index is 424. The molecule has 0 radical (unpaired) electrons. The highest BCUT2D eigenvalue weighted by molar-refractivity contribution is 5.13. The Hall–Kier alpha value is -1.70. The maximum absolute atomic E-state index is 4.28. The first-order valence-corrected chi connectivity index (χ1v) is 5.26. The van der Waals surface area contributed by atoms with Crippen LogP contribution in [0.2, 0.25) is 0 Å². The monoisotopic (exact) mass is 199 g/mol. The Kier molecular flexibility index (Phi) is 3.08. The van der Waals surface area contributed by atoms with Crippen molar-refractivity contribution in [1.29, 1.82) is 0 Å². The molecule has 2 nitrogen and oxygen atoms in total. The third-order valence-corrected chi connectivity index (χ3v) is 2.38.